The van der Waals surface area contributed by atoms with E-state index in [2.05, 4.69) is 4.72 Å². The van der Waals surface area contributed by atoms with Crippen LogP contribution in [0.3, 0.4) is 0 Å². The molecule has 1 fully saturated rings. The highest BCUT2D eigenvalue weighted by Gasteiger charge is 2.28. The van der Waals surface area contributed by atoms with Crippen molar-refractivity contribution in [2.75, 3.05) is 6.54 Å². The molecule has 1 saturated carbocycles. The number of halogens is 1. The monoisotopic (exact) mass is 287 g/mol. The van der Waals surface area contributed by atoms with Gasteiger partial charge in [-0.2, -0.15) is 0 Å². The Balaban J connectivity index is 2.06. The molecule has 0 aromatic heterocycles. The number of hydrogen-bond donors (Lipinski definition) is 1. The van der Waals surface area contributed by atoms with Crippen LogP contribution in [-0.2, 0) is 10.0 Å². The summed E-state index contributed by atoms with van der Waals surface area (Å²) in [4.78, 5) is 0.370. The lowest BCUT2D eigenvalue weighted by Gasteiger charge is -2.30. The Morgan fingerprint density at radius 2 is 2.00 bits per heavy atom. The van der Waals surface area contributed by atoms with Gasteiger partial charge in [0.05, 0.1) is 4.90 Å². The van der Waals surface area contributed by atoms with Gasteiger partial charge in [0.1, 0.15) is 0 Å². The zero-order chi connectivity index (χ0) is 13.3. The molecular formula is C13H18ClNO2S. The zero-order valence-corrected chi connectivity index (χ0v) is 12.2. The summed E-state index contributed by atoms with van der Waals surface area (Å²) in [6, 6.07) is 5.37. The molecule has 1 aliphatic carbocycles. The molecule has 1 aliphatic rings. The number of aryl methyl sites for hydroxylation is 2. The number of hydrogen-bond acceptors (Lipinski definition) is 2. The average molecular weight is 288 g/mol. The van der Waals surface area contributed by atoms with Crippen molar-refractivity contribution in [3.05, 3.63) is 29.3 Å². The molecule has 0 spiro atoms. The summed E-state index contributed by atoms with van der Waals surface area (Å²) in [5.74, 6) is 0.382. The molecule has 18 heavy (non-hydrogen) atoms. The number of sulfonamides is 1. The molecule has 0 aliphatic heterocycles. The normalized spacial score (nSPS) is 23.7. The lowest BCUT2D eigenvalue weighted by atomic mass is 9.85. The molecule has 5 heteroatoms. The van der Waals surface area contributed by atoms with Crippen molar-refractivity contribution in [2.24, 2.45) is 5.92 Å². The molecule has 1 N–H and O–H groups in total. The van der Waals surface area contributed by atoms with Crippen LogP contribution in [0.5, 0.6) is 0 Å². The SMILES string of the molecule is Cc1ccc(S(=O)(=O)NCC2CC(Cl)C2)c(C)c1. The quantitative estimate of drug-likeness (QED) is 0.865. The summed E-state index contributed by atoms with van der Waals surface area (Å²) in [5, 5.41) is 0.223. The van der Waals surface area contributed by atoms with Crippen LogP contribution in [0.4, 0.5) is 0 Å². The van der Waals surface area contributed by atoms with Crippen LogP contribution < -0.4 is 4.72 Å². The zero-order valence-electron chi connectivity index (χ0n) is 10.6. The van der Waals surface area contributed by atoms with E-state index in [9.17, 15) is 8.42 Å². The maximum atomic E-state index is 12.1. The van der Waals surface area contributed by atoms with Gasteiger partial charge >= 0.3 is 0 Å². The van der Waals surface area contributed by atoms with Gasteiger partial charge in [-0.1, -0.05) is 17.7 Å². The summed E-state index contributed by atoms with van der Waals surface area (Å²) < 4.78 is 27.0. The Labute approximate surface area is 114 Å². The summed E-state index contributed by atoms with van der Waals surface area (Å²) in [6.07, 6.45) is 1.80. The van der Waals surface area contributed by atoms with Gasteiger partial charge in [-0.25, -0.2) is 13.1 Å². The highest BCUT2D eigenvalue weighted by atomic mass is 35.5. The maximum Gasteiger partial charge on any atom is 0.240 e. The Hall–Kier alpha value is -0.580. The van der Waals surface area contributed by atoms with E-state index in [1.54, 1.807) is 6.07 Å². The molecule has 1 aromatic carbocycles. The van der Waals surface area contributed by atoms with E-state index in [4.69, 9.17) is 11.6 Å². The van der Waals surface area contributed by atoms with Crippen LogP contribution in [0.25, 0.3) is 0 Å². The van der Waals surface area contributed by atoms with E-state index in [1.807, 2.05) is 26.0 Å². The topological polar surface area (TPSA) is 46.2 Å². The van der Waals surface area contributed by atoms with Crippen LogP contribution in [0.2, 0.25) is 0 Å². The van der Waals surface area contributed by atoms with E-state index in [1.165, 1.54) is 0 Å². The van der Waals surface area contributed by atoms with Crippen molar-refractivity contribution >= 4 is 21.6 Å². The summed E-state index contributed by atoms with van der Waals surface area (Å²) in [5.41, 5.74) is 1.85. The molecule has 0 unspecified atom stereocenters. The highest BCUT2D eigenvalue weighted by molar-refractivity contribution is 7.89. The second-order valence-corrected chi connectivity index (χ2v) is 7.41. The summed E-state index contributed by atoms with van der Waals surface area (Å²) >= 11 is 5.88. The van der Waals surface area contributed by atoms with Gasteiger partial charge in [0.15, 0.2) is 0 Å². The second kappa shape index (κ2) is 5.19. The predicted octanol–water partition coefficient (Wildman–Crippen LogP) is 2.60. The maximum absolute atomic E-state index is 12.1. The first-order valence-electron chi connectivity index (χ1n) is 6.09. The van der Waals surface area contributed by atoms with Crippen LogP contribution in [0.15, 0.2) is 23.1 Å². The second-order valence-electron chi connectivity index (χ2n) is 5.06. The van der Waals surface area contributed by atoms with Gasteiger partial charge in [-0.15, -0.1) is 11.6 Å². The smallest absolute Gasteiger partial charge is 0.211 e. The Morgan fingerprint density at radius 3 is 2.56 bits per heavy atom. The molecule has 2 rings (SSSR count). The molecule has 0 radical (unpaired) electrons. The first-order chi connectivity index (χ1) is 8.38. The van der Waals surface area contributed by atoms with Crippen LogP contribution in [0.1, 0.15) is 24.0 Å². The summed E-state index contributed by atoms with van der Waals surface area (Å²) in [7, 11) is -3.39. The number of rotatable bonds is 4. The van der Waals surface area contributed by atoms with Gasteiger partial charge in [-0.05, 0) is 44.2 Å². The third-order valence-corrected chi connectivity index (χ3v) is 5.30. The minimum absolute atomic E-state index is 0.223. The van der Waals surface area contributed by atoms with Crippen LogP contribution in [-0.4, -0.2) is 20.3 Å². The van der Waals surface area contributed by atoms with E-state index >= 15 is 0 Å². The number of benzene rings is 1. The third-order valence-electron chi connectivity index (χ3n) is 3.36. The van der Waals surface area contributed by atoms with Crippen molar-refractivity contribution < 1.29 is 8.42 Å². The van der Waals surface area contributed by atoms with Gasteiger partial charge in [0.25, 0.3) is 0 Å². The largest absolute Gasteiger partial charge is 0.240 e. The van der Waals surface area contributed by atoms with Gasteiger partial charge in [-0.3, -0.25) is 0 Å². The van der Waals surface area contributed by atoms with E-state index < -0.39 is 10.0 Å². The Kier molecular flexibility index (Phi) is 3.99. The standard InChI is InChI=1S/C13H18ClNO2S/c1-9-3-4-13(10(2)5-9)18(16,17)15-8-11-6-12(14)7-11/h3-5,11-12,15H,6-8H2,1-2H3. The van der Waals surface area contributed by atoms with Crippen molar-refractivity contribution in [1.82, 2.24) is 4.72 Å². The lowest BCUT2D eigenvalue weighted by molar-refractivity contribution is 0.324. The van der Waals surface area contributed by atoms with E-state index in [-0.39, 0.29) is 5.38 Å². The number of nitrogens with one attached hydrogen (secondary N) is 1. The van der Waals surface area contributed by atoms with Gasteiger partial charge in [0.2, 0.25) is 10.0 Å². The molecule has 0 heterocycles. The molecule has 0 atom stereocenters. The average Bonchev–Trinajstić information content (AvgIpc) is 2.22. The predicted molar refractivity (Wildman–Crippen MR) is 73.5 cm³/mol. The minimum Gasteiger partial charge on any atom is -0.211 e. The van der Waals surface area contributed by atoms with Crippen LogP contribution >= 0.6 is 11.6 Å². The fourth-order valence-electron chi connectivity index (χ4n) is 2.23. The molecule has 100 valence electrons. The van der Waals surface area contributed by atoms with Gasteiger partial charge < -0.3 is 0 Å². The molecule has 0 bridgehead atoms. The number of alkyl halides is 1. The van der Waals surface area contributed by atoms with Gasteiger partial charge in [0, 0.05) is 11.9 Å². The van der Waals surface area contributed by atoms with Crippen molar-refractivity contribution in [3.8, 4) is 0 Å². The van der Waals surface area contributed by atoms with Crippen molar-refractivity contribution in [1.29, 1.82) is 0 Å². The lowest BCUT2D eigenvalue weighted by Crippen LogP contribution is -2.36. The first kappa shape index (κ1) is 13.8. The Morgan fingerprint density at radius 1 is 1.33 bits per heavy atom. The molecule has 3 nitrogen and oxygen atoms in total. The highest BCUT2D eigenvalue weighted by Crippen LogP contribution is 2.31. The molecule has 0 amide bonds. The fourth-order valence-corrected chi connectivity index (χ4v) is 4.07. The Bertz CT molecular complexity index is 536. The van der Waals surface area contributed by atoms with E-state index in [0.29, 0.717) is 17.4 Å². The van der Waals surface area contributed by atoms with Crippen LogP contribution in [0, 0.1) is 19.8 Å². The van der Waals surface area contributed by atoms with E-state index in [0.717, 1.165) is 24.0 Å². The molecule has 0 saturated heterocycles. The minimum atomic E-state index is -3.39. The molecule has 1 aromatic rings. The summed E-state index contributed by atoms with van der Waals surface area (Å²) in [6.45, 7) is 4.25. The fraction of sp³-hybridized carbons (Fsp3) is 0.538. The third kappa shape index (κ3) is 3.05. The van der Waals surface area contributed by atoms with Crippen molar-refractivity contribution in [2.45, 2.75) is 37.0 Å². The first-order valence-corrected chi connectivity index (χ1v) is 8.01. The van der Waals surface area contributed by atoms with Crippen molar-refractivity contribution in [3.63, 3.8) is 0 Å². The molecular weight excluding hydrogens is 270 g/mol.